The molecule has 0 aromatic carbocycles. The predicted molar refractivity (Wildman–Crippen MR) is 65.4 cm³/mol. The Hall–Kier alpha value is -0.870. The van der Waals surface area contributed by atoms with Crippen molar-refractivity contribution in [2.75, 3.05) is 13.1 Å². The van der Waals surface area contributed by atoms with Crippen LogP contribution >= 0.6 is 12.4 Å². The molecule has 0 spiro atoms. The third-order valence-corrected chi connectivity index (χ3v) is 4.15. The Balaban J connectivity index is 0.00000108. The van der Waals surface area contributed by atoms with Crippen LogP contribution in [0.3, 0.4) is 0 Å². The Morgan fingerprint density at radius 2 is 1.71 bits per heavy atom. The number of fused-ring (bicyclic) bond motifs is 5. The number of amides is 2. The minimum absolute atomic E-state index is 0. The van der Waals surface area contributed by atoms with Gasteiger partial charge in [-0.25, -0.2) is 0 Å². The molecule has 3 aliphatic rings. The van der Waals surface area contributed by atoms with Gasteiger partial charge in [0.05, 0.1) is 11.8 Å². The highest BCUT2D eigenvalue weighted by atomic mass is 35.5. The standard InChI is InChI=1S/C12H16N2O2.ClH/c13-4-1-5-14-11(15)9-7-2-3-8(6-7)10(9)12(14)16;/h2-3,7-10H,1,4-6,13H2;1H/t7-,8+,9-,10+;. The third-order valence-electron chi connectivity index (χ3n) is 4.15. The number of carbonyl (C=O) groups excluding carboxylic acids is 2. The van der Waals surface area contributed by atoms with Gasteiger partial charge in [0.15, 0.2) is 0 Å². The number of likely N-dealkylation sites (tertiary alicyclic amines) is 1. The highest BCUT2D eigenvalue weighted by molar-refractivity contribution is 6.06. The summed E-state index contributed by atoms with van der Waals surface area (Å²) in [5.41, 5.74) is 5.42. The van der Waals surface area contributed by atoms with Gasteiger partial charge in [0.2, 0.25) is 11.8 Å². The summed E-state index contributed by atoms with van der Waals surface area (Å²) in [6, 6.07) is 0. The van der Waals surface area contributed by atoms with Crippen molar-refractivity contribution in [2.24, 2.45) is 29.4 Å². The maximum Gasteiger partial charge on any atom is 0.233 e. The van der Waals surface area contributed by atoms with Gasteiger partial charge in [-0.3, -0.25) is 14.5 Å². The van der Waals surface area contributed by atoms with Crippen molar-refractivity contribution >= 4 is 24.2 Å². The first-order valence-electron chi connectivity index (χ1n) is 5.97. The Morgan fingerprint density at radius 1 is 1.18 bits per heavy atom. The molecular formula is C12H17ClN2O2. The van der Waals surface area contributed by atoms with E-state index in [0.717, 1.165) is 6.42 Å². The van der Waals surface area contributed by atoms with E-state index in [9.17, 15) is 9.59 Å². The first kappa shape index (κ1) is 12.6. The molecule has 4 nitrogen and oxygen atoms in total. The van der Waals surface area contributed by atoms with Crippen LogP contribution in [0.2, 0.25) is 0 Å². The second-order valence-electron chi connectivity index (χ2n) is 4.97. The Kier molecular flexibility index (Phi) is 3.27. The molecule has 4 atom stereocenters. The molecule has 2 aliphatic carbocycles. The van der Waals surface area contributed by atoms with Gasteiger partial charge in [0.1, 0.15) is 0 Å². The first-order chi connectivity index (χ1) is 7.74. The number of nitrogens with zero attached hydrogens (tertiary/aromatic N) is 1. The van der Waals surface area contributed by atoms with Crippen molar-refractivity contribution in [1.29, 1.82) is 0 Å². The van der Waals surface area contributed by atoms with Gasteiger partial charge < -0.3 is 5.73 Å². The fraction of sp³-hybridized carbons (Fsp3) is 0.667. The van der Waals surface area contributed by atoms with Gasteiger partial charge in [-0.15, -0.1) is 12.4 Å². The SMILES string of the molecule is Cl.NCCCN1C(=O)[C@@H]2[C@H](C1=O)[C@@H]1C=C[C@H]2C1. The van der Waals surface area contributed by atoms with Crippen LogP contribution in [0.4, 0.5) is 0 Å². The molecule has 0 unspecified atom stereocenters. The van der Waals surface area contributed by atoms with Gasteiger partial charge in [-0.1, -0.05) is 12.2 Å². The molecule has 0 aromatic heterocycles. The molecule has 0 radical (unpaired) electrons. The molecule has 2 amide bonds. The lowest BCUT2D eigenvalue weighted by Gasteiger charge is -2.16. The van der Waals surface area contributed by atoms with E-state index in [-0.39, 0.29) is 36.1 Å². The number of rotatable bonds is 3. The second-order valence-corrected chi connectivity index (χ2v) is 4.97. The molecule has 2 N–H and O–H groups in total. The van der Waals surface area contributed by atoms with Crippen molar-refractivity contribution in [3.63, 3.8) is 0 Å². The summed E-state index contributed by atoms with van der Waals surface area (Å²) in [4.78, 5) is 25.7. The highest BCUT2D eigenvalue weighted by Crippen LogP contribution is 2.52. The molecule has 2 bridgehead atoms. The van der Waals surface area contributed by atoms with E-state index < -0.39 is 0 Å². The number of hydrogen-bond acceptors (Lipinski definition) is 3. The summed E-state index contributed by atoms with van der Waals surface area (Å²) < 4.78 is 0. The molecule has 3 rings (SSSR count). The fourth-order valence-electron chi connectivity index (χ4n) is 3.43. The predicted octanol–water partition coefficient (Wildman–Crippen LogP) is 0.564. The van der Waals surface area contributed by atoms with Gasteiger partial charge in [0, 0.05) is 6.54 Å². The number of nitrogens with two attached hydrogens (primary N) is 1. The summed E-state index contributed by atoms with van der Waals surface area (Å²) in [7, 11) is 0. The fourth-order valence-corrected chi connectivity index (χ4v) is 3.43. The minimum atomic E-state index is -0.0553. The quantitative estimate of drug-likeness (QED) is 0.593. The van der Waals surface area contributed by atoms with Crippen LogP contribution in [0.5, 0.6) is 0 Å². The van der Waals surface area contributed by atoms with Crippen LogP contribution in [-0.4, -0.2) is 29.8 Å². The minimum Gasteiger partial charge on any atom is -0.330 e. The molecule has 2 fully saturated rings. The number of halogens is 1. The number of allylic oxidation sites excluding steroid dienone is 2. The van der Waals surface area contributed by atoms with E-state index in [1.165, 1.54) is 4.90 Å². The Morgan fingerprint density at radius 3 is 2.18 bits per heavy atom. The average Bonchev–Trinajstić information content (AvgIpc) is 2.92. The van der Waals surface area contributed by atoms with E-state index in [1.807, 2.05) is 0 Å². The third kappa shape index (κ3) is 1.62. The first-order valence-corrected chi connectivity index (χ1v) is 5.97. The average molecular weight is 257 g/mol. The molecule has 5 heteroatoms. The van der Waals surface area contributed by atoms with Gasteiger partial charge in [-0.2, -0.15) is 0 Å². The van der Waals surface area contributed by atoms with Crippen LogP contribution in [0.25, 0.3) is 0 Å². The van der Waals surface area contributed by atoms with E-state index in [4.69, 9.17) is 5.73 Å². The van der Waals surface area contributed by atoms with Crippen molar-refractivity contribution in [2.45, 2.75) is 12.8 Å². The van der Waals surface area contributed by atoms with Crippen LogP contribution in [0, 0.1) is 23.7 Å². The Bertz CT molecular complexity index is 353. The maximum absolute atomic E-state index is 12.1. The van der Waals surface area contributed by atoms with Crippen LogP contribution in [-0.2, 0) is 9.59 Å². The summed E-state index contributed by atoms with van der Waals surface area (Å²) in [6.45, 7) is 1.03. The lowest BCUT2D eigenvalue weighted by molar-refractivity contribution is -0.140. The van der Waals surface area contributed by atoms with Crippen LogP contribution < -0.4 is 5.73 Å². The van der Waals surface area contributed by atoms with Gasteiger partial charge in [0.25, 0.3) is 0 Å². The molecule has 1 aliphatic heterocycles. The monoisotopic (exact) mass is 256 g/mol. The molecule has 94 valence electrons. The summed E-state index contributed by atoms with van der Waals surface area (Å²) in [5.74, 6) is 0.602. The largest absolute Gasteiger partial charge is 0.330 e. The molecule has 1 saturated carbocycles. The number of hydrogen-bond donors (Lipinski definition) is 1. The lowest BCUT2D eigenvalue weighted by atomic mass is 9.85. The summed E-state index contributed by atoms with van der Waals surface area (Å²) >= 11 is 0. The number of imide groups is 1. The van der Waals surface area contributed by atoms with Crippen molar-refractivity contribution < 1.29 is 9.59 Å². The summed E-state index contributed by atoms with van der Waals surface area (Å²) in [6.07, 6.45) is 5.93. The van der Waals surface area contributed by atoms with Crippen molar-refractivity contribution in [3.05, 3.63) is 12.2 Å². The zero-order valence-corrected chi connectivity index (χ0v) is 10.4. The second kappa shape index (κ2) is 4.42. The van der Waals surface area contributed by atoms with Crippen molar-refractivity contribution in [3.8, 4) is 0 Å². The lowest BCUT2D eigenvalue weighted by Crippen LogP contribution is -2.34. The van der Waals surface area contributed by atoms with E-state index in [2.05, 4.69) is 12.2 Å². The highest BCUT2D eigenvalue weighted by Gasteiger charge is 2.58. The molecule has 0 aromatic rings. The van der Waals surface area contributed by atoms with Crippen LogP contribution in [0.1, 0.15) is 12.8 Å². The molecular weight excluding hydrogens is 240 g/mol. The molecule has 1 saturated heterocycles. The van der Waals surface area contributed by atoms with E-state index in [0.29, 0.717) is 31.3 Å². The van der Waals surface area contributed by atoms with Crippen molar-refractivity contribution in [1.82, 2.24) is 4.90 Å². The Labute approximate surface area is 107 Å². The molecule has 1 heterocycles. The van der Waals surface area contributed by atoms with E-state index >= 15 is 0 Å². The van der Waals surface area contributed by atoms with E-state index in [1.54, 1.807) is 0 Å². The number of carbonyl (C=O) groups is 2. The normalized spacial score (nSPS) is 37.6. The summed E-state index contributed by atoms with van der Waals surface area (Å²) in [5, 5.41) is 0. The van der Waals surface area contributed by atoms with Gasteiger partial charge in [-0.05, 0) is 31.2 Å². The zero-order valence-electron chi connectivity index (χ0n) is 9.54. The zero-order chi connectivity index (χ0) is 11.3. The maximum atomic E-state index is 12.1. The molecule has 17 heavy (non-hydrogen) atoms. The smallest absolute Gasteiger partial charge is 0.233 e. The van der Waals surface area contributed by atoms with Crippen LogP contribution in [0.15, 0.2) is 12.2 Å². The van der Waals surface area contributed by atoms with Gasteiger partial charge >= 0.3 is 0 Å². The topological polar surface area (TPSA) is 63.4 Å².